The summed E-state index contributed by atoms with van der Waals surface area (Å²) in [6.45, 7) is 8.46. The van der Waals surface area contributed by atoms with E-state index in [1.54, 1.807) is 4.52 Å². The number of carbonyl (C=O) groups is 1. The van der Waals surface area contributed by atoms with Crippen LogP contribution in [0.5, 0.6) is 0 Å². The molecule has 0 fully saturated rings. The van der Waals surface area contributed by atoms with Gasteiger partial charge in [0, 0.05) is 17.9 Å². The number of rotatable bonds is 5. The van der Waals surface area contributed by atoms with Crippen molar-refractivity contribution in [1.29, 1.82) is 0 Å². The van der Waals surface area contributed by atoms with Crippen LogP contribution in [0, 0.1) is 13.8 Å². The normalized spacial score (nSPS) is 12.6. The monoisotopic (exact) mass is 293 g/mol. The van der Waals surface area contributed by atoms with Crippen LogP contribution in [0.1, 0.15) is 31.7 Å². The SMILES string of the molecule is CCCNC(=O)[C@H](C)Sc1nc2nc(C)cc(C)n2n1. The summed E-state index contributed by atoms with van der Waals surface area (Å²) in [5.74, 6) is 0.586. The van der Waals surface area contributed by atoms with Crippen molar-refractivity contribution in [2.45, 2.75) is 44.5 Å². The molecule has 1 amide bonds. The van der Waals surface area contributed by atoms with Crippen LogP contribution >= 0.6 is 11.8 Å². The van der Waals surface area contributed by atoms with Crippen LogP contribution in [-0.4, -0.2) is 37.3 Å². The smallest absolute Gasteiger partial charge is 0.253 e. The average molecular weight is 293 g/mol. The number of hydrogen-bond acceptors (Lipinski definition) is 5. The molecule has 7 heteroatoms. The number of amides is 1. The van der Waals surface area contributed by atoms with E-state index in [1.165, 1.54) is 11.8 Å². The van der Waals surface area contributed by atoms with Gasteiger partial charge in [-0.2, -0.15) is 4.98 Å². The molecule has 1 atom stereocenters. The van der Waals surface area contributed by atoms with Gasteiger partial charge in [0.2, 0.25) is 11.1 Å². The summed E-state index contributed by atoms with van der Waals surface area (Å²) in [6.07, 6.45) is 0.929. The lowest BCUT2D eigenvalue weighted by Gasteiger charge is -2.08. The largest absolute Gasteiger partial charge is 0.355 e. The van der Waals surface area contributed by atoms with Crippen LogP contribution in [0.4, 0.5) is 0 Å². The molecular formula is C13H19N5OS. The van der Waals surface area contributed by atoms with E-state index in [0.29, 0.717) is 17.5 Å². The summed E-state index contributed by atoms with van der Waals surface area (Å²) in [7, 11) is 0. The number of fused-ring (bicyclic) bond motifs is 1. The zero-order valence-corrected chi connectivity index (χ0v) is 13.0. The van der Waals surface area contributed by atoms with Gasteiger partial charge in [0.15, 0.2) is 0 Å². The second-order valence-electron chi connectivity index (χ2n) is 4.70. The van der Waals surface area contributed by atoms with Gasteiger partial charge in [0.05, 0.1) is 5.25 Å². The minimum Gasteiger partial charge on any atom is -0.355 e. The van der Waals surface area contributed by atoms with Crippen LogP contribution in [0.2, 0.25) is 0 Å². The summed E-state index contributed by atoms with van der Waals surface area (Å²) < 4.78 is 1.70. The Morgan fingerprint density at radius 1 is 1.45 bits per heavy atom. The zero-order valence-electron chi connectivity index (χ0n) is 12.2. The van der Waals surface area contributed by atoms with Crippen LogP contribution in [0.25, 0.3) is 5.78 Å². The van der Waals surface area contributed by atoms with Crippen molar-refractivity contribution in [3.05, 3.63) is 17.5 Å². The van der Waals surface area contributed by atoms with Crippen molar-refractivity contribution in [2.24, 2.45) is 0 Å². The summed E-state index contributed by atoms with van der Waals surface area (Å²) in [5, 5.41) is 7.60. The predicted molar refractivity (Wildman–Crippen MR) is 78.9 cm³/mol. The molecule has 0 aromatic carbocycles. The number of thioether (sulfide) groups is 1. The van der Waals surface area contributed by atoms with Crippen molar-refractivity contribution < 1.29 is 4.79 Å². The molecule has 0 radical (unpaired) electrons. The molecule has 0 unspecified atom stereocenters. The topological polar surface area (TPSA) is 72.2 Å². The Hall–Kier alpha value is -1.63. The van der Waals surface area contributed by atoms with Gasteiger partial charge in [-0.15, -0.1) is 5.10 Å². The third kappa shape index (κ3) is 3.27. The van der Waals surface area contributed by atoms with E-state index in [2.05, 4.69) is 20.4 Å². The molecule has 2 rings (SSSR count). The van der Waals surface area contributed by atoms with Crippen molar-refractivity contribution >= 4 is 23.4 Å². The highest BCUT2D eigenvalue weighted by Gasteiger charge is 2.17. The van der Waals surface area contributed by atoms with E-state index in [4.69, 9.17) is 0 Å². The molecule has 6 nitrogen and oxygen atoms in total. The Labute approximate surface area is 122 Å². The molecule has 2 aromatic rings. The van der Waals surface area contributed by atoms with Crippen LogP contribution in [0.15, 0.2) is 11.2 Å². The first kappa shape index (κ1) is 14.8. The second kappa shape index (κ2) is 6.21. The molecule has 0 saturated carbocycles. The summed E-state index contributed by atoms with van der Waals surface area (Å²) >= 11 is 1.35. The quantitative estimate of drug-likeness (QED) is 0.850. The van der Waals surface area contributed by atoms with E-state index >= 15 is 0 Å². The molecule has 108 valence electrons. The molecule has 0 aliphatic rings. The molecule has 2 heterocycles. The number of hydrogen-bond donors (Lipinski definition) is 1. The van der Waals surface area contributed by atoms with Crippen LogP contribution in [0.3, 0.4) is 0 Å². The number of nitrogens with zero attached hydrogens (tertiary/aromatic N) is 4. The third-order valence-corrected chi connectivity index (χ3v) is 3.75. The van der Waals surface area contributed by atoms with Gasteiger partial charge in [-0.1, -0.05) is 18.7 Å². The molecule has 0 saturated heterocycles. The fourth-order valence-corrected chi connectivity index (χ4v) is 2.57. The van der Waals surface area contributed by atoms with Crippen molar-refractivity contribution in [3.8, 4) is 0 Å². The lowest BCUT2D eigenvalue weighted by molar-refractivity contribution is -0.120. The van der Waals surface area contributed by atoms with E-state index in [-0.39, 0.29) is 11.2 Å². The molecule has 0 aliphatic carbocycles. The lowest BCUT2D eigenvalue weighted by atomic mass is 10.4. The minimum absolute atomic E-state index is 0.0107. The van der Waals surface area contributed by atoms with Gasteiger partial charge in [0.1, 0.15) is 0 Å². The van der Waals surface area contributed by atoms with E-state index < -0.39 is 0 Å². The first-order valence-electron chi connectivity index (χ1n) is 6.66. The van der Waals surface area contributed by atoms with Crippen molar-refractivity contribution in [3.63, 3.8) is 0 Å². The van der Waals surface area contributed by atoms with E-state index in [9.17, 15) is 4.79 Å². The highest BCUT2D eigenvalue weighted by molar-refractivity contribution is 8.00. The number of nitrogens with one attached hydrogen (secondary N) is 1. The van der Waals surface area contributed by atoms with Gasteiger partial charge in [-0.25, -0.2) is 9.50 Å². The van der Waals surface area contributed by atoms with Crippen molar-refractivity contribution in [1.82, 2.24) is 24.9 Å². The Morgan fingerprint density at radius 3 is 2.90 bits per heavy atom. The molecular weight excluding hydrogens is 274 g/mol. The Kier molecular flexibility index (Phi) is 4.59. The number of carbonyl (C=O) groups excluding carboxylic acids is 1. The molecule has 0 spiro atoms. The maximum Gasteiger partial charge on any atom is 0.253 e. The van der Waals surface area contributed by atoms with Crippen LogP contribution < -0.4 is 5.32 Å². The second-order valence-corrected chi connectivity index (χ2v) is 6.00. The maximum absolute atomic E-state index is 11.8. The highest BCUT2D eigenvalue weighted by Crippen LogP contribution is 2.20. The highest BCUT2D eigenvalue weighted by atomic mass is 32.2. The van der Waals surface area contributed by atoms with Gasteiger partial charge in [0.25, 0.3) is 5.78 Å². The zero-order chi connectivity index (χ0) is 14.7. The summed E-state index contributed by atoms with van der Waals surface area (Å²) in [6, 6.07) is 1.95. The third-order valence-electron chi connectivity index (χ3n) is 2.80. The van der Waals surface area contributed by atoms with E-state index in [0.717, 1.165) is 17.8 Å². The first-order valence-corrected chi connectivity index (χ1v) is 7.54. The average Bonchev–Trinajstić information content (AvgIpc) is 2.78. The Bertz CT molecular complexity index is 624. The lowest BCUT2D eigenvalue weighted by Crippen LogP contribution is -2.31. The fraction of sp³-hybridized carbons (Fsp3) is 0.538. The predicted octanol–water partition coefficient (Wildman–Crippen LogP) is 1.75. The van der Waals surface area contributed by atoms with Crippen molar-refractivity contribution in [2.75, 3.05) is 6.54 Å². The number of aryl methyl sites for hydroxylation is 2. The molecule has 0 aliphatic heterocycles. The van der Waals surface area contributed by atoms with Crippen LogP contribution in [-0.2, 0) is 4.79 Å². The van der Waals surface area contributed by atoms with E-state index in [1.807, 2.05) is 33.8 Å². The maximum atomic E-state index is 11.8. The molecule has 20 heavy (non-hydrogen) atoms. The summed E-state index contributed by atoms with van der Waals surface area (Å²) in [5.41, 5.74) is 1.89. The van der Waals surface area contributed by atoms with Gasteiger partial charge in [-0.3, -0.25) is 4.79 Å². The Morgan fingerprint density at radius 2 is 2.20 bits per heavy atom. The molecule has 2 aromatic heterocycles. The number of aromatic nitrogens is 4. The summed E-state index contributed by atoms with van der Waals surface area (Å²) in [4.78, 5) is 20.5. The Balaban J connectivity index is 2.14. The fourth-order valence-electron chi connectivity index (χ4n) is 1.80. The van der Waals surface area contributed by atoms with Gasteiger partial charge in [-0.05, 0) is 33.3 Å². The van der Waals surface area contributed by atoms with Gasteiger partial charge >= 0.3 is 0 Å². The molecule has 0 bridgehead atoms. The standard InChI is InChI=1S/C13H19N5OS/c1-5-6-14-11(19)10(4)20-13-16-12-15-8(2)7-9(3)18(12)17-13/h7,10H,5-6H2,1-4H3,(H,14,19)/t10-/m0/s1. The minimum atomic E-state index is -0.222. The molecule has 1 N–H and O–H groups in total. The first-order chi connectivity index (χ1) is 9.51. The van der Waals surface area contributed by atoms with Gasteiger partial charge < -0.3 is 5.32 Å².